The van der Waals surface area contributed by atoms with Crippen molar-refractivity contribution in [1.82, 2.24) is 20.5 Å². The molecule has 11 atom stereocenters. The number of allylic oxidation sites excluding steroid dienone is 4. The Morgan fingerprint density at radius 3 is 2.45 bits per heavy atom. The van der Waals surface area contributed by atoms with Crippen molar-refractivity contribution in [3.05, 3.63) is 72.4 Å². The van der Waals surface area contributed by atoms with E-state index >= 15 is 0 Å². The number of nitrogens with one attached hydrogen (secondary N) is 1. The highest BCUT2D eigenvalue weighted by molar-refractivity contribution is 5.93. The average Bonchev–Trinajstić information content (AvgIpc) is 3.56. The summed E-state index contributed by atoms with van der Waals surface area (Å²) in [5, 5.41) is 60.0. The molecule has 0 spiro atoms. The molecular formula is C43H56N4O13. The van der Waals surface area contributed by atoms with E-state index < -0.39 is 100 Å². The van der Waals surface area contributed by atoms with Gasteiger partial charge in [0.1, 0.15) is 41.1 Å². The number of carbonyl (C=O) groups excluding carboxylic acids is 4. The molecule has 4 aliphatic rings. The first-order chi connectivity index (χ1) is 28.1. The van der Waals surface area contributed by atoms with Gasteiger partial charge < -0.3 is 49.5 Å². The molecule has 2 saturated carbocycles. The predicted molar refractivity (Wildman–Crippen MR) is 214 cm³/mol. The molecule has 326 valence electrons. The molecule has 60 heavy (non-hydrogen) atoms. The highest BCUT2D eigenvalue weighted by atomic mass is 16.7. The number of aromatic nitrogens is 3. The van der Waals surface area contributed by atoms with E-state index in [2.05, 4.69) is 22.2 Å². The molecule has 1 amide bonds. The van der Waals surface area contributed by atoms with E-state index in [0.717, 1.165) is 4.85 Å². The zero-order chi connectivity index (χ0) is 44.2. The number of esters is 2. The number of ketones is 1. The highest BCUT2D eigenvalue weighted by Gasteiger charge is 2.78. The number of alkyl carbamates (subject to hydrolysis) is 1. The molecule has 1 unspecified atom stereocenters. The number of nitrogens with zero attached hydrogens (tertiary/aromatic N) is 3. The van der Waals surface area contributed by atoms with Gasteiger partial charge in [-0.3, -0.25) is 9.59 Å². The summed E-state index contributed by atoms with van der Waals surface area (Å²) in [6.45, 7) is 15.8. The minimum absolute atomic E-state index is 0.0234. The summed E-state index contributed by atoms with van der Waals surface area (Å²) in [4.78, 5) is 62.8. The molecule has 1 aliphatic heterocycles. The molecule has 1 saturated heterocycles. The summed E-state index contributed by atoms with van der Waals surface area (Å²) < 4.78 is 23.3. The Hall–Kier alpha value is -4.94. The standard InChI is InChI=1S/C43H56N4O13/c1-10-11-12-13-14-18-26(44-38(55)59-39(4,5)6)32(50)37(54)57-28-21-43(60-47-27-19-16-15-17-25(27)45-46-47)36(53)34-41(9,35(52)33(51)31(23(28)2)40(43,7)8)29(49)20-30-42(34,22-56-30)58-24(3)48/h10-17,19,26,28-30,32-34,36,49-51,53H,1,18,20-22H2,2-9H3,(H,44,55)/b12-11-,14-13-/t26-,28-,29-,30+,32+,33+,34?,36-,41+,42-,43+/m0/s1. The van der Waals surface area contributed by atoms with Gasteiger partial charge in [0, 0.05) is 31.1 Å². The van der Waals surface area contributed by atoms with Crippen molar-refractivity contribution in [2.75, 3.05) is 6.61 Å². The third-order valence-corrected chi connectivity index (χ3v) is 12.7. The van der Waals surface area contributed by atoms with Gasteiger partial charge in [-0.15, -0.1) is 5.10 Å². The molecule has 17 nitrogen and oxygen atoms in total. The van der Waals surface area contributed by atoms with Gasteiger partial charge in [-0.2, -0.15) is 0 Å². The maximum atomic E-state index is 14.9. The second kappa shape index (κ2) is 16.2. The fourth-order valence-electron chi connectivity index (χ4n) is 9.70. The van der Waals surface area contributed by atoms with Gasteiger partial charge in [-0.25, -0.2) is 9.59 Å². The first-order valence-electron chi connectivity index (χ1n) is 20.0. The molecule has 17 heteroatoms. The zero-order valence-electron chi connectivity index (χ0n) is 35.2. The predicted octanol–water partition coefficient (Wildman–Crippen LogP) is 2.59. The zero-order valence-corrected chi connectivity index (χ0v) is 35.2. The molecule has 3 fully saturated rings. The van der Waals surface area contributed by atoms with Crippen LogP contribution in [-0.2, 0) is 33.3 Å². The van der Waals surface area contributed by atoms with Gasteiger partial charge in [-0.05, 0) is 69.5 Å². The second-order valence-corrected chi connectivity index (χ2v) is 17.8. The number of carbonyl (C=O) groups is 4. The van der Waals surface area contributed by atoms with E-state index in [1.807, 2.05) is 0 Å². The van der Waals surface area contributed by atoms with Crippen molar-refractivity contribution in [2.45, 2.75) is 134 Å². The van der Waals surface area contributed by atoms with Crippen molar-refractivity contribution in [3.8, 4) is 0 Å². The summed E-state index contributed by atoms with van der Waals surface area (Å²) in [6.07, 6.45) is -2.97. The Bertz CT molecular complexity index is 2120. The lowest BCUT2D eigenvalue weighted by atomic mass is 9.44. The Morgan fingerprint density at radius 2 is 1.82 bits per heavy atom. The number of fused-ring (bicyclic) bond motifs is 6. The van der Waals surface area contributed by atoms with E-state index in [0.29, 0.717) is 11.0 Å². The second-order valence-electron chi connectivity index (χ2n) is 17.8. The topological polar surface area (TPSA) is 238 Å². The van der Waals surface area contributed by atoms with Crippen LogP contribution in [-0.4, -0.2) is 125 Å². The first kappa shape index (κ1) is 44.6. The number of amides is 1. The average molecular weight is 837 g/mol. The first-order valence-corrected chi connectivity index (χ1v) is 20.0. The largest absolute Gasteiger partial charge is 0.456 e. The van der Waals surface area contributed by atoms with Crippen molar-refractivity contribution < 1.29 is 63.4 Å². The number of ether oxygens (including phenoxy) is 4. The minimum Gasteiger partial charge on any atom is -0.456 e. The number of Topliss-reactive ketones (excluding diaryl/α,β-unsaturated/α-hetero) is 1. The van der Waals surface area contributed by atoms with Crippen molar-refractivity contribution >= 4 is 34.8 Å². The molecule has 1 aromatic heterocycles. The third-order valence-electron chi connectivity index (χ3n) is 12.7. The third kappa shape index (κ3) is 7.44. The minimum atomic E-state index is -2.04. The van der Waals surface area contributed by atoms with Crippen LogP contribution in [0.5, 0.6) is 0 Å². The van der Waals surface area contributed by atoms with Gasteiger partial charge in [0.25, 0.3) is 0 Å². The molecule has 0 radical (unpaired) electrons. The van der Waals surface area contributed by atoms with Crippen LogP contribution in [0.4, 0.5) is 4.79 Å². The normalized spacial score (nSPS) is 33.4. The quantitative estimate of drug-likeness (QED) is 0.0947. The summed E-state index contributed by atoms with van der Waals surface area (Å²) >= 11 is 0. The van der Waals surface area contributed by atoms with Crippen LogP contribution in [0.15, 0.2) is 72.4 Å². The van der Waals surface area contributed by atoms with Gasteiger partial charge in [0.05, 0.1) is 24.2 Å². The summed E-state index contributed by atoms with van der Waals surface area (Å²) in [7, 11) is 0. The SMILES string of the molecule is C=C/C=C\C=C/C[C@H](NC(=O)OC(C)(C)C)[C@@H](O)C(=O)O[C@H]1C[C@@]2(On3nnc4ccccc43)[C@@H](O)C3[C@](C)(C(=O)[C@H](O)C(=C1C)C2(C)C)[C@@H](O)C[C@H]1OC[C@@]31OC(C)=O. The molecule has 2 heterocycles. The Kier molecular flexibility index (Phi) is 12.0. The van der Waals surface area contributed by atoms with Crippen LogP contribution in [0.2, 0.25) is 0 Å². The van der Waals surface area contributed by atoms with Crippen LogP contribution in [0.3, 0.4) is 0 Å². The number of rotatable bonds is 11. The van der Waals surface area contributed by atoms with E-state index in [-0.39, 0.29) is 37.0 Å². The van der Waals surface area contributed by atoms with Crippen LogP contribution in [0.1, 0.15) is 74.7 Å². The van der Waals surface area contributed by atoms with Gasteiger partial charge in [0.15, 0.2) is 23.1 Å². The fourth-order valence-corrected chi connectivity index (χ4v) is 9.70. The molecular weight excluding hydrogens is 780 g/mol. The van der Waals surface area contributed by atoms with Crippen LogP contribution >= 0.6 is 0 Å². The van der Waals surface area contributed by atoms with Crippen LogP contribution in [0, 0.1) is 16.7 Å². The molecule has 3 aliphatic carbocycles. The number of aliphatic hydroxyl groups is 4. The van der Waals surface area contributed by atoms with Gasteiger partial charge in [-0.1, -0.05) is 67.8 Å². The van der Waals surface area contributed by atoms with Crippen molar-refractivity contribution in [2.24, 2.45) is 16.7 Å². The number of para-hydroxylation sites is 1. The fraction of sp³-hybridized carbons (Fsp3) is 0.581. The summed E-state index contributed by atoms with van der Waals surface area (Å²) in [5.41, 5.74) is -7.04. The summed E-state index contributed by atoms with van der Waals surface area (Å²) in [5.74, 6) is -4.27. The maximum absolute atomic E-state index is 14.9. The van der Waals surface area contributed by atoms with Crippen LogP contribution < -0.4 is 10.2 Å². The Morgan fingerprint density at radius 1 is 1.12 bits per heavy atom. The highest BCUT2D eigenvalue weighted by Crippen LogP contribution is 2.63. The molecule has 5 N–H and O–H groups in total. The molecule has 2 bridgehead atoms. The Labute approximate surface area is 348 Å². The van der Waals surface area contributed by atoms with E-state index in [4.69, 9.17) is 23.8 Å². The smallest absolute Gasteiger partial charge is 0.407 e. The molecule has 2 aromatic rings. The van der Waals surface area contributed by atoms with Gasteiger partial charge in [0.2, 0.25) is 0 Å². The van der Waals surface area contributed by atoms with Crippen molar-refractivity contribution in [1.29, 1.82) is 0 Å². The number of hydrogen-bond donors (Lipinski definition) is 5. The summed E-state index contributed by atoms with van der Waals surface area (Å²) in [6, 6.07) is 5.58. The Balaban J connectivity index is 1.49. The van der Waals surface area contributed by atoms with E-state index in [9.17, 15) is 39.6 Å². The van der Waals surface area contributed by atoms with E-state index in [1.54, 1.807) is 96.2 Å². The number of benzene rings is 1. The van der Waals surface area contributed by atoms with Crippen molar-refractivity contribution in [3.63, 3.8) is 0 Å². The lowest BCUT2D eigenvalue weighted by Crippen LogP contribution is -2.82. The van der Waals surface area contributed by atoms with E-state index in [1.165, 1.54) is 13.8 Å². The lowest BCUT2D eigenvalue weighted by Gasteiger charge is -2.67. The van der Waals surface area contributed by atoms with Crippen LogP contribution in [0.25, 0.3) is 11.0 Å². The maximum Gasteiger partial charge on any atom is 0.407 e. The van der Waals surface area contributed by atoms with Gasteiger partial charge >= 0.3 is 18.0 Å². The number of hydrogen-bond acceptors (Lipinski definition) is 15. The lowest BCUT2D eigenvalue weighted by molar-refractivity contribution is -0.350. The molecule has 6 rings (SSSR count). The monoisotopic (exact) mass is 836 g/mol. The number of aliphatic hydroxyl groups excluding tert-OH is 4. The molecule has 1 aromatic carbocycles.